The number of benzene rings is 2. The maximum atomic E-state index is 12.5. The molecule has 0 saturated heterocycles. The van der Waals surface area contributed by atoms with Gasteiger partial charge in [0.05, 0.1) is 24.3 Å². The normalized spacial score (nSPS) is 12.7. The van der Waals surface area contributed by atoms with Gasteiger partial charge in [-0.2, -0.15) is 0 Å². The number of carbonyl (C=O) groups is 4. The van der Waals surface area contributed by atoms with Crippen LogP contribution in [0.15, 0.2) is 42.5 Å². The smallest absolute Gasteiger partial charge is 0.341 e. The summed E-state index contributed by atoms with van der Waals surface area (Å²) in [5.41, 5.74) is 1.12. The molecule has 0 unspecified atom stereocenters. The molecule has 0 aliphatic carbocycles. The number of fused-ring (bicyclic) bond motifs is 1. The summed E-state index contributed by atoms with van der Waals surface area (Å²) in [6.07, 6.45) is 0. The number of carboxylic acid groups (broad SMARTS) is 1. The van der Waals surface area contributed by atoms with Crippen molar-refractivity contribution in [2.75, 3.05) is 32.2 Å². The molecule has 2 aromatic carbocycles. The van der Waals surface area contributed by atoms with Gasteiger partial charge >= 0.3 is 5.97 Å². The van der Waals surface area contributed by atoms with E-state index in [9.17, 15) is 19.2 Å². The largest absolute Gasteiger partial charge is 0.482 e. The number of hydrogen-bond acceptors (Lipinski definition) is 6. The lowest BCUT2D eigenvalue weighted by Crippen LogP contribution is -2.32. The van der Waals surface area contributed by atoms with Gasteiger partial charge in [-0.3, -0.25) is 19.3 Å². The van der Waals surface area contributed by atoms with Crippen LogP contribution in [0, 0.1) is 0 Å². The van der Waals surface area contributed by atoms with Gasteiger partial charge in [-0.05, 0) is 42.5 Å². The van der Waals surface area contributed by atoms with Gasteiger partial charge in [0.1, 0.15) is 5.75 Å². The molecule has 0 aromatic heterocycles. The summed E-state index contributed by atoms with van der Waals surface area (Å²) in [4.78, 5) is 48.9. The fourth-order valence-electron chi connectivity index (χ4n) is 2.80. The number of carbonyl (C=O) groups excluding carboxylic acids is 3. The lowest BCUT2D eigenvalue weighted by molar-refractivity contribution is -0.139. The number of amides is 3. The van der Waals surface area contributed by atoms with Crippen LogP contribution in [0.25, 0.3) is 0 Å². The Morgan fingerprint density at radius 1 is 1.03 bits per heavy atom. The Morgan fingerprint density at radius 3 is 2.38 bits per heavy atom. The Labute approximate surface area is 165 Å². The van der Waals surface area contributed by atoms with Crippen LogP contribution >= 0.6 is 0 Å². The number of methoxy groups -OCH3 is 1. The molecular formula is C20H18N2O7. The molecule has 0 bridgehead atoms. The second-order valence-electron chi connectivity index (χ2n) is 6.18. The van der Waals surface area contributed by atoms with E-state index in [4.69, 9.17) is 14.6 Å². The average molecular weight is 398 g/mol. The third-order valence-electron chi connectivity index (χ3n) is 4.23. The summed E-state index contributed by atoms with van der Waals surface area (Å²) in [7, 11) is 1.48. The minimum Gasteiger partial charge on any atom is -0.482 e. The number of imide groups is 1. The zero-order chi connectivity index (χ0) is 21.0. The summed E-state index contributed by atoms with van der Waals surface area (Å²) >= 11 is 0. The van der Waals surface area contributed by atoms with Gasteiger partial charge in [0.2, 0.25) is 0 Å². The zero-order valence-electron chi connectivity index (χ0n) is 15.5. The first kappa shape index (κ1) is 20.0. The summed E-state index contributed by atoms with van der Waals surface area (Å²) in [6.45, 7) is -0.0966. The number of nitrogens with zero attached hydrogens (tertiary/aromatic N) is 1. The van der Waals surface area contributed by atoms with Crippen LogP contribution in [0.1, 0.15) is 31.1 Å². The maximum Gasteiger partial charge on any atom is 0.341 e. The first-order valence-corrected chi connectivity index (χ1v) is 8.66. The van der Waals surface area contributed by atoms with Crippen molar-refractivity contribution in [3.63, 3.8) is 0 Å². The van der Waals surface area contributed by atoms with E-state index in [0.717, 1.165) is 4.90 Å². The number of hydrogen-bond donors (Lipinski definition) is 2. The van der Waals surface area contributed by atoms with Crippen molar-refractivity contribution in [2.45, 2.75) is 0 Å². The highest BCUT2D eigenvalue weighted by molar-refractivity contribution is 6.22. The molecular weight excluding hydrogens is 380 g/mol. The topological polar surface area (TPSA) is 122 Å². The lowest BCUT2D eigenvalue weighted by atomic mass is 10.1. The molecule has 1 aliphatic rings. The van der Waals surface area contributed by atoms with Crippen molar-refractivity contribution in [1.29, 1.82) is 0 Å². The number of carboxylic acids is 1. The fourth-order valence-corrected chi connectivity index (χ4v) is 2.80. The van der Waals surface area contributed by atoms with Crippen LogP contribution in [-0.4, -0.2) is 60.6 Å². The van der Waals surface area contributed by atoms with E-state index in [1.165, 1.54) is 37.4 Å². The van der Waals surface area contributed by atoms with Crippen LogP contribution in [0.4, 0.5) is 5.69 Å². The van der Waals surface area contributed by atoms with Crippen LogP contribution in [0.5, 0.6) is 5.75 Å². The van der Waals surface area contributed by atoms with Crippen LogP contribution in [0.3, 0.4) is 0 Å². The third-order valence-corrected chi connectivity index (χ3v) is 4.23. The van der Waals surface area contributed by atoms with Gasteiger partial charge in [0.15, 0.2) is 6.61 Å². The Kier molecular flexibility index (Phi) is 5.89. The Hall–Kier alpha value is -3.72. The fraction of sp³-hybridized carbons (Fsp3) is 0.200. The molecule has 0 atom stereocenters. The predicted octanol–water partition coefficient (Wildman–Crippen LogP) is 1.64. The lowest BCUT2D eigenvalue weighted by Gasteiger charge is -2.12. The van der Waals surface area contributed by atoms with Gasteiger partial charge in [0.25, 0.3) is 17.7 Å². The highest BCUT2D eigenvalue weighted by atomic mass is 16.5. The van der Waals surface area contributed by atoms with Gasteiger partial charge in [-0.25, -0.2) is 4.79 Å². The molecule has 1 heterocycles. The maximum absolute atomic E-state index is 12.5. The monoisotopic (exact) mass is 398 g/mol. The first-order chi connectivity index (χ1) is 13.9. The SMILES string of the molecule is COCCN1C(=O)c2ccc(C(=O)Nc3ccc(OCC(=O)O)cc3)cc2C1=O. The molecule has 1 aliphatic heterocycles. The third kappa shape index (κ3) is 4.41. The molecule has 29 heavy (non-hydrogen) atoms. The number of anilines is 1. The molecule has 2 N–H and O–H groups in total. The van der Waals surface area contributed by atoms with Crippen molar-refractivity contribution in [1.82, 2.24) is 4.90 Å². The van der Waals surface area contributed by atoms with Crippen LogP contribution < -0.4 is 10.1 Å². The summed E-state index contributed by atoms with van der Waals surface area (Å²) in [6, 6.07) is 10.5. The Bertz CT molecular complexity index is 969. The predicted molar refractivity (Wildman–Crippen MR) is 101 cm³/mol. The van der Waals surface area contributed by atoms with E-state index in [-0.39, 0.29) is 29.8 Å². The average Bonchev–Trinajstić information content (AvgIpc) is 2.95. The van der Waals surface area contributed by atoms with Crippen molar-refractivity contribution in [2.24, 2.45) is 0 Å². The number of aliphatic carboxylic acids is 1. The first-order valence-electron chi connectivity index (χ1n) is 8.66. The number of nitrogens with one attached hydrogen (secondary N) is 1. The second-order valence-corrected chi connectivity index (χ2v) is 6.18. The molecule has 0 spiro atoms. The molecule has 9 heteroatoms. The molecule has 150 valence electrons. The number of rotatable bonds is 8. The number of ether oxygens (including phenoxy) is 2. The van der Waals surface area contributed by atoms with Gasteiger partial charge < -0.3 is 19.9 Å². The van der Waals surface area contributed by atoms with Crippen molar-refractivity contribution in [3.8, 4) is 5.75 Å². The molecule has 0 fully saturated rings. The second kappa shape index (κ2) is 8.53. The zero-order valence-corrected chi connectivity index (χ0v) is 15.5. The summed E-state index contributed by atoms with van der Waals surface area (Å²) in [5, 5.41) is 11.3. The van der Waals surface area contributed by atoms with Crippen LogP contribution in [-0.2, 0) is 9.53 Å². The molecule has 0 saturated carbocycles. The van der Waals surface area contributed by atoms with Gasteiger partial charge in [-0.1, -0.05) is 0 Å². The van der Waals surface area contributed by atoms with Crippen LogP contribution in [0.2, 0.25) is 0 Å². The molecule has 0 radical (unpaired) electrons. The van der Waals surface area contributed by atoms with Gasteiger partial charge in [-0.15, -0.1) is 0 Å². The van der Waals surface area contributed by atoms with E-state index < -0.39 is 30.3 Å². The summed E-state index contributed by atoms with van der Waals surface area (Å²) in [5.74, 6) is -2.07. The van der Waals surface area contributed by atoms with E-state index in [2.05, 4.69) is 5.32 Å². The summed E-state index contributed by atoms with van der Waals surface area (Å²) < 4.78 is 9.94. The van der Waals surface area contributed by atoms with Crippen molar-refractivity contribution >= 4 is 29.4 Å². The van der Waals surface area contributed by atoms with E-state index in [1.807, 2.05) is 0 Å². The van der Waals surface area contributed by atoms with Crippen molar-refractivity contribution in [3.05, 3.63) is 59.2 Å². The molecule has 3 amide bonds. The quantitative estimate of drug-likeness (QED) is 0.648. The Morgan fingerprint density at radius 2 is 1.72 bits per heavy atom. The standard InChI is InChI=1S/C20H18N2O7/c1-28-9-8-22-19(26)15-7-2-12(10-16(15)20(22)27)18(25)21-13-3-5-14(6-4-13)29-11-17(23)24/h2-7,10H,8-9,11H2,1H3,(H,21,25)(H,23,24). The minimum atomic E-state index is -1.09. The molecule has 3 rings (SSSR count). The highest BCUT2D eigenvalue weighted by Crippen LogP contribution is 2.24. The van der Waals surface area contributed by atoms with Crippen molar-refractivity contribution < 1.29 is 33.8 Å². The molecule has 2 aromatic rings. The minimum absolute atomic E-state index is 0.140. The highest BCUT2D eigenvalue weighted by Gasteiger charge is 2.35. The van der Waals surface area contributed by atoms with Gasteiger partial charge in [0, 0.05) is 18.4 Å². The Balaban J connectivity index is 1.70. The van der Waals surface area contributed by atoms with E-state index in [0.29, 0.717) is 11.4 Å². The molecule has 9 nitrogen and oxygen atoms in total. The van der Waals surface area contributed by atoms with E-state index in [1.54, 1.807) is 12.1 Å². The van der Waals surface area contributed by atoms with E-state index >= 15 is 0 Å².